The quantitative estimate of drug-likeness (QED) is 0.812. The Labute approximate surface area is 109 Å². The van der Waals surface area contributed by atoms with Gasteiger partial charge >= 0.3 is 0 Å². The molecule has 0 aliphatic carbocycles. The third-order valence-electron chi connectivity index (χ3n) is 2.81. The first-order valence-electron chi connectivity index (χ1n) is 6.20. The van der Waals surface area contributed by atoms with Gasteiger partial charge in [-0.2, -0.15) is 0 Å². The lowest BCUT2D eigenvalue weighted by molar-refractivity contribution is -0.117. The Morgan fingerprint density at radius 3 is 2.67 bits per heavy atom. The molecule has 0 fully saturated rings. The molecule has 1 amide bonds. The summed E-state index contributed by atoms with van der Waals surface area (Å²) in [5, 5.41) is 2.88. The highest BCUT2D eigenvalue weighted by Crippen LogP contribution is 2.23. The molecule has 3 N–H and O–H groups in total. The topological polar surface area (TPSA) is 64.3 Å². The number of carbonyl (C=O) groups excluding carboxylic acids is 1. The van der Waals surface area contributed by atoms with Gasteiger partial charge < -0.3 is 15.8 Å². The molecule has 0 radical (unpaired) electrons. The van der Waals surface area contributed by atoms with Gasteiger partial charge in [0.2, 0.25) is 5.91 Å². The van der Waals surface area contributed by atoms with E-state index in [4.69, 9.17) is 10.5 Å². The zero-order chi connectivity index (χ0) is 13.5. The van der Waals surface area contributed by atoms with Gasteiger partial charge in [-0.1, -0.05) is 32.0 Å². The van der Waals surface area contributed by atoms with E-state index in [1.54, 1.807) is 7.11 Å². The number of anilines is 1. The molecule has 1 unspecified atom stereocenters. The molecule has 1 aromatic rings. The number of amides is 1. The van der Waals surface area contributed by atoms with Crippen LogP contribution in [-0.4, -0.2) is 25.7 Å². The number of para-hydroxylation sites is 1. The van der Waals surface area contributed by atoms with Crippen molar-refractivity contribution >= 4 is 11.6 Å². The fourth-order valence-electron chi connectivity index (χ4n) is 1.72. The van der Waals surface area contributed by atoms with Crippen molar-refractivity contribution in [3.8, 4) is 0 Å². The van der Waals surface area contributed by atoms with Crippen molar-refractivity contribution in [3.63, 3.8) is 0 Å². The second kappa shape index (κ2) is 7.13. The van der Waals surface area contributed by atoms with Crippen molar-refractivity contribution in [2.75, 3.05) is 19.0 Å². The maximum Gasteiger partial charge on any atom is 0.241 e. The highest BCUT2D eigenvalue weighted by atomic mass is 16.5. The van der Waals surface area contributed by atoms with E-state index >= 15 is 0 Å². The van der Waals surface area contributed by atoms with Gasteiger partial charge in [-0.25, -0.2) is 0 Å². The number of ether oxygens (including phenoxy) is 1. The molecule has 0 spiro atoms. The standard InChI is InChI=1S/C14H22N2O2/c1-10(2)11-6-4-5-7-13(11)16-14(17)12(15)8-9-18-3/h4-7,10,12H,8-9,15H2,1-3H3,(H,16,17). The van der Waals surface area contributed by atoms with Crippen LogP contribution in [0.3, 0.4) is 0 Å². The van der Waals surface area contributed by atoms with Gasteiger partial charge in [-0.05, 0) is 24.0 Å². The highest BCUT2D eigenvalue weighted by Gasteiger charge is 2.15. The molecule has 0 saturated heterocycles. The molecule has 4 nitrogen and oxygen atoms in total. The lowest BCUT2D eigenvalue weighted by atomic mass is 10.0. The number of rotatable bonds is 6. The number of hydrogen-bond donors (Lipinski definition) is 2. The van der Waals surface area contributed by atoms with Crippen molar-refractivity contribution in [1.29, 1.82) is 0 Å². The summed E-state index contributed by atoms with van der Waals surface area (Å²) in [6.07, 6.45) is 0.520. The number of carbonyl (C=O) groups is 1. The Kier molecular flexibility index (Phi) is 5.82. The number of hydrogen-bond acceptors (Lipinski definition) is 3. The van der Waals surface area contributed by atoms with E-state index < -0.39 is 6.04 Å². The minimum Gasteiger partial charge on any atom is -0.385 e. The summed E-state index contributed by atoms with van der Waals surface area (Å²) >= 11 is 0. The molecule has 4 heteroatoms. The average molecular weight is 250 g/mol. The second-order valence-corrected chi connectivity index (χ2v) is 4.62. The SMILES string of the molecule is COCCC(N)C(=O)Nc1ccccc1C(C)C. The molecular formula is C14H22N2O2. The number of benzene rings is 1. The van der Waals surface area contributed by atoms with Crippen molar-refractivity contribution in [2.45, 2.75) is 32.2 Å². The minimum absolute atomic E-state index is 0.167. The second-order valence-electron chi connectivity index (χ2n) is 4.62. The summed E-state index contributed by atoms with van der Waals surface area (Å²) < 4.78 is 4.91. The predicted molar refractivity (Wildman–Crippen MR) is 73.6 cm³/mol. The monoisotopic (exact) mass is 250 g/mol. The highest BCUT2D eigenvalue weighted by molar-refractivity contribution is 5.95. The van der Waals surface area contributed by atoms with Gasteiger partial charge in [0.1, 0.15) is 0 Å². The Balaban J connectivity index is 2.69. The van der Waals surface area contributed by atoms with Crippen LogP contribution < -0.4 is 11.1 Å². The molecule has 1 atom stereocenters. The number of methoxy groups -OCH3 is 1. The van der Waals surface area contributed by atoms with Gasteiger partial charge in [0.15, 0.2) is 0 Å². The predicted octanol–water partition coefficient (Wildman–Crippen LogP) is 2.11. The molecule has 0 aliphatic heterocycles. The van der Waals surface area contributed by atoms with Crippen LogP contribution >= 0.6 is 0 Å². The van der Waals surface area contributed by atoms with Crippen LogP contribution in [0, 0.1) is 0 Å². The van der Waals surface area contributed by atoms with Gasteiger partial charge in [0.05, 0.1) is 6.04 Å². The van der Waals surface area contributed by atoms with Gasteiger partial charge in [-0.15, -0.1) is 0 Å². The zero-order valence-electron chi connectivity index (χ0n) is 11.3. The molecular weight excluding hydrogens is 228 g/mol. The maximum absolute atomic E-state index is 11.9. The van der Waals surface area contributed by atoms with Crippen LogP contribution in [0.2, 0.25) is 0 Å². The summed E-state index contributed by atoms with van der Waals surface area (Å²) in [5.74, 6) is 0.192. The van der Waals surface area contributed by atoms with Gasteiger partial charge in [0.25, 0.3) is 0 Å². The van der Waals surface area contributed by atoms with Gasteiger partial charge in [-0.3, -0.25) is 4.79 Å². The average Bonchev–Trinajstić information content (AvgIpc) is 2.36. The molecule has 0 saturated carbocycles. The summed E-state index contributed by atoms with van der Waals surface area (Å²) in [5.41, 5.74) is 7.74. The Morgan fingerprint density at radius 2 is 2.06 bits per heavy atom. The normalized spacial score (nSPS) is 12.5. The van der Waals surface area contributed by atoms with Crippen molar-refractivity contribution in [3.05, 3.63) is 29.8 Å². The molecule has 1 aromatic carbocycles. The molecule has 0 bridgehead atoms. The third-order valence-corrected chi connectivity index (χ3v) is 2.81. The molecule has 18 heavy (non-hydrogen) atoms. The molecule has 0 aliphatic rings. The summed E-state index contributed by atoms with van der Waals surface area (Å²) in [6, 6.07) is 7.25. The van der Waals surface area contributed by atoms with Crippen molar-refractivity contribution in [1.82, 2.24) is 0 Å². The molecule has 0 aromatic heterocycles. The largest absolute Gasteiger partial charge is 0.385 e. The van der Waals surface area contributed by atoms with Gasteiger partial charge in [0, 0.05) is 19.4 Å². The summed E-state index contributed by atoms with van der Waals surface area (Å²) in [4.78, 5) is 11.9. The Bertz CT molecular complexity index is 391. The van der Waals surface area contributed by atoms with E-state index in [1.807, 2.05) is 24.3 Å². The molecule has 0 heterocycles. The Hall–Kier alpha value is -1.39. The van der Waals surface area contributed by atoms with E-state index in [2.05, 4.69) is 19.2 Å². The van der Waals surface area contributed by atoms with Crippen LogP contribution in [-0.2, 0) is 9.53 Å². The van der Waals surface area contributed by atoms with E-state index in [0.29, 0.717) is 18.9 Å². The lowest BCUT2D eigenvalue weighted by Crippen LogP contribution is -2.36. The smallest absolute Gasteiger partial charge is 0.241 e. The molecule has 100 valence electrons. The fraction of sp³-hybridized carbons (Fsp3) is 0.500. The summed E-state index contributed by atoms with van der Waals surface area (Å²) in [6.45, 7) is 4.67. The van der Waals surface area contributed by atoms with E-state index in [0.717, 1.165) is 11.3 Å². The summed E-state index contributed by atoms with van der Waals surface area (Å²) in [7, 11) is 1.60. The Morgan fingerprint density at radius 1 is 1.39 bits per heavy atom. The maximum atomic E-state index is 11.9. The molecule has 1 rings (SSSR count). The first-order chi connectivity index (χ1) is 8.56. The first kappa shape index (κ1) is 14.7. The van der Waals surface area contributed by atoms with E-state index in [9.17, 15) is 4.79 Å². The fourth-order valence-corrected chi connectivity index (χ4v) is 1.72. The van der Waals surface area contributed by atoms with Crippen molar-refractivity contribution < 1.29 is 9.53 Å². The van der Waals surface area contributed by atoms with Crippen LogP contribution in [0.25, 0.3) is 0 Å². The van der Waals surface area contributed by atoms with E-state index in [1.165, 1.54) is 0 Å². The van der Waals surface area contributed by atoms with Crippen LogP contribution in [0.1, 0.15) is 31.7 Å². The van der Waals surface area contributed by atoms with Crippen LogP contribution in [0.5, 0.6) is 0 Å². The zero-order valence-corrected chi connectivity index (χ0v) is 11.3. The van der Waals surface area contributed by atoms with E-state index in [-0.39, 0.29) is 5.91 Å². The van der Waals surface area contributed by atoms with Crippen LogP contribution in [0.4, 0.5) is 5.69 Å². The van der Waals surface area contributed by atoms with Crippen LogP contribution in [0.15, 0.2) is 24.3 Å². The number of nitrogens with one attached hydrogen (secondary N) is 1. The third kappa shape index (κ3) is 4.13. The lowest BCUT2D eigenvalue weighted by Gasteiger charge is -2.16. The number of nitrogens with two attached hydrogens (primary N) is 1. The van der Waals surface area contributed by atoms with Crippen molar-refractivity contribution in [2.24, 2.45) is 5.73 Å². The minimum atomic E-state index is -0.537. The first-order valence-corrected chi connectivity index (χ1v) is 6.20.